The maximum atomic E-state index is 10.7. The summed E-state index contributed by atoms with van der Waals surface area (Å²) < 4.78 is 0. The van der Waals surface area contributed by atoms with Crippen molar-refractivity contribution in [2.24, 2.45) is 0 Å². The summed E-state index contributed by atoms with van der Waals surface area (Å²) in [7, 11) is 0. The summed E-state index contributed by atoms with van der Waals surface area (Å²) in [6.45, 7) is 0. The van der Waals surface area contributed by atoms with Gasteiger partial charge >= 0.3 is 0 Å². The predicted molar refractivity (Wildman–Crippen MR) is 57.4 cm³/mol. The Labute approximate surface area is 96.8 Å². The summed E-state index contributed by atoms with van der Waals surface area (Å²) >= 11 is 7.48. The van der Waals surface area contributed by atoms with Crippen LogP contribution < -0.4 is 10.4 Å². The standard InChI is InChI=1S/C10H10ClNO2S/c11-7-3-1-2-6(4-7)9-12-8(5-15-9)10(13)14/h1-4,8-9,12H,5H2,(H,13,14)/t8-,9+/m0/s1. The lowest BCUT2D eigenvalue weighted by Crippen LogP contribution is -2.90. The van der Waals surface area contributed by atoms with Crippen LogP contribution in [0.25, 0.3) is 0 Å². The van der Waals surface area contributed by atoms with E-state index in [1.54, 1.807) is 17.8 Å². The zero-order chi connectivity index (χ0) is 10.8. The van der Waals surface area contributed by atoms with Gasteiger partial charge in [-0.05, 0) is 12.1 Å². The summed E-state index contributed by atoms with van der Waals surface area (Å²) in [5, 5.41) is 13.3. The summed E-state index contributed by atoms with van der Waals surface area (Å²) in [5.74, 6) is -0.411. The number of thioether (sulfide) groups is 1. The fraction of sp³-hybridized carbons (Fsp3) is 0.300. The van der Waals surface area contributed by atoms with Crippen LogP contribution in [0.4, 0.5) is 0 Å². The Morgan fingerprint density at radius 2 is 2.40 bits per heavy atom. The highest BCUT2D eigenvalue weighted by molar-refractivity contribution is 7.99. The van der Waals surface area contributed by atoms with Gasteiger partial charge in [-0.3, -0.25) is 0 Å². The minimum atomic E-state index is -0.993. The van der Waals surface area contributed by atoms with Crippen molar-refractivity contribution in [1.82, 2.24) is 0 Å². The number of benzene rings is 1. The molecule has 0 aromatic heterocycles. The Hall–Kier alpha value is -0.710. The van der Waals surface area contributed by atoms with Crippen molar-refractivity contribution >= 4 is 29.3 Å². The van der Waals surface area contributed by atoms with Crippen LogP contribution in [0.5, 0.6) is 0 Å². The predicted octanol–water partition coefficient (Wildman–Crippen LogP) is -0.233. The summed E-state index contributed by atoms with van der Waals surface area (Å²) in [6, 6.07) is 7.06. The molecule has 3 nitrogen and oxygen atoms in total. The Balaban J connectivity index is 2.11. The first-order valence-corrected chi connectivity index (χ1v) is 6.02. The van der Waals surface area contributed by atoms with Crippen LogP contribution in [0.15, 0.2) is 24.3 Å². The molecule has 2 atom stereocenters. The Morgan fingerprint density at radius 3 is 3.00 bits per heavy atom. The number of carboxylic acid groups (broad SMARTS) is 1. The monoisotopic (exact) mass is 243 g/mol. The number of hydrogen-bond acceptors (Lipinski definition) is 3. The highest BCUT2D eigenvalue weighted by Crippen LogP contribution is 2.28. The number of rotatable bonds is 2. The van der Waals surface area contributed by atoms with Crippen LogP contribution in [0, 0.1) is 0 Å². The van der Waals surface area contributed by atoms with Gasteiger partial charge in [0.15, 0.2) is 5.37 Å². The molecule has 0 aliphatic carbocycles. The van der Waals surface area contributed by atoms with E-state index >= 15 is 0 Å². The van der Waals surface area contributed by atoms with Crippen LogP contribution in [0.2, 0.25) is 5.02 Å². The van der Waals surface area contributed by atoms with E-state index in [1.807, 2.05) is 23.5 Å². The number of quaternary nitrogens is 1. The highest BCUT2D eigenvalue weighted by atomic mass is 35.5. The number of halogens is 1. The van der Waals surface area contributed by atoms with Gasteiger partial charge in [0.05, 0.1) is 5.75 Å². The third-order valence-corrected chi connectivity index (χ3v) is 3.92. The molecular weight excluding hydrogens is 234 g/mol. The summed E-state index contributed by atoms with van der Waals surface area (Å²) in [5.41, 5.74) is 1.05. The molecule has 1 saturated heterocycles. The number of nitrogens with two attached hydrogens (primary N) is 1. The topological polar surface area (TPSA) is 56.7 Å². The van der Waals surface area contributed by atoms with Crippen molar-refractivity contribution in [3.05, 3.63) is 34.9 Å². The van der Waals surface area contributed by atoms with Crippen molar-refractivity contribution in [1.29, 1.82) is 0 Å². The lowest BCUT2D eigenvalue weighted by atomic mass is 10.2. The molecule has 1 aromatic rings. The first-order valence-electron chi connectivity index (χ1n) is 4.60. The molecule has 5 heteroatoms. The van der Waals surface area contributed by atoms with Crippen LogP contribution in [-0.2, 0) is 4.79 Å². The van der Waals surface area contributed by atoms with Crippen molar-refractivity contribution in [3.8, 4) is 0 Å². The lowest BCUT2D eigenvalue weighted by Gasteiger charge is -2.10. The quantitative estimate of drug-likeness (QED) is 0.781. The van der Waals surface area contributed by atoms with Crippen LogP contribution in [0.3, 0.4) is 0 Å². The molecule has 15 heavy (non-hydrogen) atoms. The molecule has 1 aliphatic heterocycles. The van der Waals surface area contributed by atoms with Gasteiger partial charge in [-0.1, -0.05) is 35.5 Å². The first kappa shape index (κ1) is 10.8. The number of carbonyl (C=O) groups is 1. The zero-order valence-electron chi connectivity index (χ0n) is 7.85. The summed E-state index contributed by atoms with van der Waals surface area (Å²) in [6.07, 6.45) is 0. The fourth-order valence-electron chi connectivity index (χ4n) is 1.57. The smallest absolute Gasteiger partial charge is 0.159 e. The SMILES string of the molecule is O=C([O-])[C@@H]1CS[C@H](c2cccc(Cl)c2)[NH2+]1. The van der Waals surface area contributed by atoms with Crippen molar-refractivity contribution in [2.45, 2.75) is 11.4 Å². The average Bonchev–Trinajstić information content (AvgIpc) is 2.66. The summed E-state index contributed by atoms with van der Waals surface area (Å²) in [4.78, 5) is 10.7. The van der Waals surface area contributed by atoms with E-state index in [0.29, 0.717) is 10.8 Å². The Bertz CT molecular complexity index is 385. The van der Waals surface area contributed by atoms with Crippen molar-refractivity contribution in [3.63, 3.8) is 0 Å². The van der Waals surface area contributed by atoms with Crippen LogP contribution >= 0.6 is 23.4 Å². The highest BCUT2D eigenvalue weighted by Gasteiger charge is 2.30. The van der Waals surface area contributed by atoms with Gasteiger partial charge in [-0.25, -0.2) is 0 Å². The lowest BCUT2D eigenvalue weighted by molar-refractivity contribution is -0.690. The molecule has 1 aromatic carbocycles. The molecular formula is C10H10ClNO2S. The zero-order valence-corrected chi connectivity index (χ0v) is 9.42. The molecule has 0 bridgehead atoms. The number of carboxylic acids is 1. The number of aliphatic carboxylic acids is 1. The third-order valence-electron chi connectivity index (χ3n) is 2.34. The van der Waals surface area contributed by atoms with E-state index in [2.05, 4.69) is 0 Å². The van der Waals surface area contributed by atoms with E-state index in [4.69, 9.17) is 11.6 Å². The molecule has 80 valence electrons. The first-order chi connectivity index (χ1) is 7.16. The molecule has 0 unspecified atom stereocenters. The largest absolute Gasteiger partial charge is 0.544 e. The molecule has 1 fully saturated rings. The molecule has 0 amide bonds. The second-order valence-corrected chi connectivity index (χ2v) is 5.04. The molecule has 0 radical (unpaired) electrons. The van der Waals surface area contributed by atoms with Gasteiger partial charge < -0.3 is 15.2 Å². The normalized spacial score (nSPS) is 25.4. The second kappa shape index (κ2) is 4.43. The maximum Gasteiger partial charge on any atom is 0.159 e. The average molecular weight is 244 g/mol. The van der Waals surface area contributed by atoms with E-state index in [-0.39, 0.29) is 5.37 Å². The van der Waals surface area contributed by atoms with Crippen molar-refractivity contribution < 1.29 is 15.2 Å². The van der Waals surface area contributed by atoms with E-state index in [1.165, 1.54) is 0 Å². The minimum Gasteiger partial charge on any atom is -0.544 e. The Morgan fingerprint density at radius 1 is 1.60 bits per heavy atom. The maximum absolute atomic E-state index is 10.7. The minimum absolute atomic E-state index is 0.117. The van der Waals surface area contributed by atoms with Gasteiger partial charge in [0.2, 0.25) is 0 Å². The Kier molecular flexibility index (Phi) is 3.19. The number of hydrogen-bond donors (Lipinski definition) is 1. The van der Waals surface area contributed by atoms with E-state index in [0.717, 1.165) is 5.56 Å². The van der Waals surface area contributed by atoms with Gasteiger partial charge in [0.25, 0.3) is 0 Å². The van der Waals surface area contributed by atoms with Gasteiger partial charge in [-0.2, -0.15) is 0 Å². The second-order valence-electron chi connectivity index (χ2n) is 3.43. The van der Waals surface area contributed by atoms with E-state index < -0.39 is 12.0 Å². The number of carbonyl (C=O) groups excluding carboxylic acids is 1. The van der Waals surface area contributed by atoms with Gasteiger partial charge in [-0.15, -0.1) is 0 Å². The van der Waals surface area contributed by atoms with Crippen molar-refractivity contribution in [2.75, 3.05) is 5.75 Å². The molecule has 0 spiro atoms. The van der Waals surface area contributed by atoms with Crippen LogP contribution in [0.1, 0.15) is 10.9 Å². The van der Waals surface area contributed by atoms with Gasteiger partial charge in [0.1, 0.15) is 12.0 Å². The van der Waals surface area contributed by atoms with Gasteiger partial charge in [0, 0.05) is 10.6 Å². The third kappa shape index (κ3) is 2.45. The van der Waals surface area contributed by atoms with Crippen LogP contribution in [-0.4, -0.2) is 17.8 Å². The fourth-order valence-corrected chi connectivity index (χ4v) is 3.07. The van der Waals surface area contributed by atoms with E-state index in [9.17, 15) is 9.90 Å². The molecule has 2 N–H and O–H groups in total. The molecule has 1 heterocycles. The molecule has 0 saturated carbocycles. The molecule has 1 aliphatic rings. The molecule has 2 rings (SSSR count).